The summed E-state index contributed by atoms with van der Waals surface area (Å²) in [5.74, 6) is -0.0880. The highest BCUT2D eigenvalue weighted by molar-refractivity contribution is 6.39. The summed E-state index contributed by atoms with van der Waals surface area (Å²) in [5.41, 5.74) is 0. The Balaban J connectivity index is 3.06. The Labute approximate surface area is 50.5 Å². The molecule has 0 heterocycles. The highest BCUT2D eigenvalue weighted by Gasteiger charge is 1.96. The van der Waals surface area contributed by atoms with Crippen molar-refractivity contribution >= 4 is 13.2 Å². The van der Waals surface area contributed by atoms with Gasteiger partial charge in [0.15, 0.2) is 0 Å². The predicted molar refractivity (Wildman–Crippen MR) is 34.5 cm³/mol. The second-order valence-electron chi connectivity index (χ2n) is 1.56. The number of carbonyl (C=O) groups is 1. The van der Waals surface area contributed by atoms with Crippen molar-refractivity contribution in [2.45, 2.75) is 20.1 Å². The van der Waals surface area contributed by atoms with Crippen molar-refractivity contribution in [1.29, 1.82) is 0 Å². The molecule has 0 aromatic rings. The van der Waals surface area contributed by atoms with Gasteiger partial charge in [-0.1, -0.05) is 6.82 Å². The maximum absolute atomic E-state index is 10.4. The van der Waals surface area contributed by atoms with E-state index in [1.807, 2.05) is 13.7 Å². The maximum atomic E-state index is 10.4. The molecule has 0 amide bonds. The van der Waals surface area contributed by atoms with E-state index in [0.29, 0.717) is 12.9 Å². The minimum absolute atomic E-state index is 0.0880. The van der Waals surface area contributed by atoms with E-state index in [2.05, 4.69) is 4.74 Å². The summed E-state index contributed by atoms with van der Waals surface area (Å²) in [5, 5.41) is 0. The summed E-state index contributed by atoms with van der Waals surface area (Å²) in [6, 6.07) is 0. The highest BCUT2D eigenvalue weighted by atomic mass is 16.5. The number of hydrogen-bond acceptors (Lipinski definition) is 2. The van der Waals surface area contributed by atoms with Crippen LogP contribution < -0.4 is 0 Å². The first-order valence-electron chi connectivity index (χ1n) is 2.96. The third-order valence-corrected chi connectivity index (χ3v) is 0.759. The van der Waals surface area contributed by atoms with Crippen LogP contribution in [0.3, 0.4) is 0 Å². The molecule has 0 rings (SSSR count). The Kier molecular flexibility index (Phi) is 4.42. The van der Waals surface area contributed by atoms with Crippen molar-refractivity contribution in [2.24, 2.45) is 0 Å². The van der Waals surface area contributed by atoms with Gasteiger partial charge in [0.2, 0.25) is 0 Å². The van der Waals surface area contributed by atoms with E-state index in [0.717, 1.165) is 7.28 Å². The maximum Gasteiger partial charge on any atom is 0.298 e. The SMILES string of the molecule is CBCC(=O)OCC. The van der Waals surface area contributed by atoms with Crippen LogP contribution in [0, 0.1) is 0 Å². The highest BCUT2D eigenvalue weighted by Crippen LogP contribution is 1.83. The fourth-order valence-electron chi connectivity index (χ4n) is 0.437. The average Bonchev–Trinajstić information content (AvgIpc) is 1.68. The third-order valence-electron chi connectivity index (χ3n) is 0.759. The van der Waals surface area contributed by atoms with Gasteiger partial charge in [-0.05, 0) is 6.92 Å². The van der Waals surface area contributed by atoms with Crippen molar-refractivity contribution in [3.8, 4) is 0 Å². The molecule has 0 unspecified atom stereocenters. The molecule has 0 aromatic heterocycles. The van der Waals surface area contributed by atoms with Crippen LogP contribution >= 0.6 is 0 Å². The Morgan fingerprint density at radius 3 is 2.75 bits per heavy atom. The lowest BCUT2D eigenvalue weighted by atomic mass is 9.78. The summed E-state index contributed by atoms with van der Waals surface area (Å²) in [6.07, 6.45) is 0.549. The van der Waals surface area contributed by atoms with Crippen molar-refractivity contribution in [3.05, 3.63) is 0 Å². The minimum Gasteiger partial charge on any atom is -0.466 e. The second-order valence-corrected chi connectivity index (χ2v) is 1.56. The molecule has 8 heavy (non-hydrogen) atoms. The van der Waals surface area contributed by atoms with Crippen LogP contribution in [-0.4, -0.2) is 19.9 Å². The number of ether oxygens (including phenoxy) is 1. The molecule has 0 bridgehead atoms. The molecule has 0 spiro atoms. The van der Waals surface area contributed by atoms with Gasteiger partial charge < -0.3 is 4.74 Å². The molecule has 2 nitrogen and oxygen atoms in total. The minimum atomic E-state index is -0.0880. The van der Waals surface area contributed by atoms with Gasteiger partial charge in [-0.25, -0.2) is 0 Å². The van der Waals surface area contributed by atoms with Crippen LogP contribution in [0.1, 0.15) is 6.92 Å². The van der Waals surface area contributed by atoms with Crippen LogP contribution in [-0.2, 0) is 9.53 Å². The smallest absolute Gasteiger partial charge is 0.298 e. The lowest BCUT2D eigenvalue weighted by molar-refractivity contribution is -0.140. The van der Waals surface area contributed by atoms with E-state index >= 15 is 0 Å². The molecule has 0 radical (unpaired) electrons. The molecule has 0 aliphatic heterocycles. The normalized spacial score (nSPS) is 8.25. The number of esters is 1. The zero-order valence-electron chi connectivity index (χ0n) is 5.44. The van der Waals surface area contributed by atoms with Crippen molar-refractivity contribution < 1.29 is 9.53 Å². The van der Waals surface area contributed by atoms with Gasteiger partial charge in [0.25, 0.3) is 5.97 Å². The van der Waals surface area contributed by atoms with E-state index in [4.69, 9.17) is 0 Å². The van der Waals surface area contributed by atoms with E-state index in [9.17, 15) is 4.79 Å². The van der Waals surface area contributed by atoms with Gasteiger partial charge in [-0.2, -0.15) is 0 Å². The Bertz CT molecular complexity index is 64.8. The standard InChI is InChI=1S/C5H11BO2/c1-3-8-5(7)4-6-2/h6H,3-4H2,1-2H3. The van der Waals surface area contributed by atoms with Gasteiger partial charge >= 0.3 is 0 Å². The third kappa shape index (κ3) is 3.72. The van der Waals surface area contributed by atoms with Crippen LogP contribution in [0.5, 0.6) is 0 Å². The van der Waals surface area contributed by atoms with E-state index in [1.165, 1.54) is 0 Å². The first-order valence-corrected chi connectivity index (χ1v) is 2.96. The Hall–Kier alpha value is -0.465. The lowest BCUT2D eigenvalue weighted by Crippen LogP contribution is -2.04. The fourth-order valence-corrected chi connectivity index (χ4v) is 0.437. The van der Waals surface area contributed by atoms with Crippen molar-refractivity contribution in [3.63, 3.8) is 0 Å². The predicted octanol–water partition coefficient (Wildman–Crippen LogP) is 0.452. The molecule has 0 fully saturated rings. The molecule has 0 saturated carbocycles. The molecule has 46 valence electrons. The number of rotatable bonds is 3. The topological polar surface area (TPSA) is 26.3 Å². The first-order chi connectivity index (χ1) is 3.81. The monoisotopic (exact) mass is 114 g/mol. The molecular formula is C5H11BO2. The molecule has 0 aliphatic carbocycles. The zero-order chi connectivity index (χ0) is 6.41. The summed E-state index contributed by atoms with van der Waals surface area (Å²) in [4.78, 5) is 10.4. The van der Waals surface area contributed by atoms with E-state index in [1.54, 1.807) is 0 Å². The van der Waals surface area contributed by atoms with Gasteiger partial charge in [-0.3, -0.25) is 4.79 Å². The van der Waals surface area contributed by atoms with Crippen LogP contribution in [0.2, 0.25) is 13.1 Å². The van der Waals surface area contributed by atoms with Crippen molar-refractivity contribution in [1.82, 2.24) is 0 Å². The zero-order valence-corrected chi connectivity index (χ0v) is 5.44. The molecule has 0 aliphatic rings. The first kappa shape index (κ1) is 7.53. The van der Waals surface area contributed by atoms with Crippen LogP contribution in [0.25, 0.3) is 0 Å². The molecule has 0 saturated heterocycles. The number of carbonyl (C=O) groups excluding carboxylic acids is 1. The van der Waals surface area contributed by atoms with Gasteiger partial charge in [0, 0.05) is 6.32 Å². The molecule has 0 N–H and O–H groups in total. The number of hydrogen-bond donors (Lipinski definition) is 0. The lowest BCUT2D eigenvalue weighted by Gasteiger charge is -1.95. The summed E-state index contributed by atoms with van der Waals surface area (Å²) >= 11 is 0. The van der Waals surface area contributed by atoms with Crippen LogP contribution in [0.15, 0.2) is 0 Å². The van der Waals surface area contributed by atoms with E-state index in [-0.39, 0.29) is 5.97 Å². The van der Waals surface area contributed by atoms with E-state index < -0.39 is 0 Å². The second kappa shape index (κ2) is 4.69. The van der Waals surface area contributed by atoms with Gasteiger partial charge in [0.05, 0.1) is 6.61 Å². The molecule has 0 atom stereocenters. The quantitative estimate of drug-likeness (QED) is 0.393. The van der Waals surface area contributed by atoms with Gasteiger partial charge in [-0.15, -0.1) is 0 Å². The summed E-state index contributed by atoms with van der Waals surface area (Å²) < 4.78 is 4.64. The average molecular weight is 114 g/mol. The summed E-state index contributed by atoms with van der Waals surface area (Å²) in [7, 11) is 0.874. The molecule has 0 aromatic carbocycles. The molecular weight excluding hydrogens is 103 g/mol. The van der Waals surface area contributed by atoms with Gasteiger partial charge in [0.1, 0.15) is 7.28 Å². The largest absolute Gasteiger partial charge is 0.466 e. The Morgan fingerprint density at radius 2 is 2.38 bits per heavy atom. The molecule has 3 heteroatoms. The Morgan fingerprint density at radius 1 is 1.75 bits per heavy atom. The van der Waals surface area contributed by atoms with Crippen LogP contribution in [0.4, 0.5) is 0 Å². The summed E-state index contributed by atoms with van der Waals surface area (Å²) in [6.45, 7) is 4.27. The van der Waals surface area contributed by atoms with Crippen molar-refractivity contribution in [2.75, 3.05) is 6.61 Å². The fraction of sp³-hybridized carbons (Fsp3) is 0.800.